The van der Waals surface area contributed by atoms with E-state index in [2.05, 4.69) is 25.6 Å². The second-order valence-electron chi connectivity index (χ2n) is 12.1. The molecule has 16 heteroatoms. The van der Waals surface area contributed by atoms with E-state index in [9.17, 15) is 44.7 Å². The van der Waals surface area contributed by atoms with Crippen molar-refractivity contribution in [3.63, 3.8) is 0 Å². The number of benzene rings is 1. The van der Waals surface area contributed by atoms with Crippen molar-refractivity contribution in [2.75, 3.05) is 6.61 Å². The molecular formula is C30H31F8N5O3. The van der Waals surface area contributed by atoms with Gasteiger partial charge in [-0.25, -0.2) is 13.8 Å². The average Bonchev–Trinajstić information content (AvgIpc) is 3.61. The van der Waals surface area contributed by atoms with Gasteiger partial charge in [-0.2, -0.15) is 31.3 Å². The zero-order chi connectivity index (χ0) is 33.4. The lowest BCUT2D eigenvalue weighted by Crippen LogP contribution is -2.40. The third-order valence-electron chi connectivity index (χ3n) is 8.44. The molecular weight excluding hydrogens is 630 g/mol. The summed E-state index contributed by atoms with van der Waals surface area (Å²) in [7, 11) is 0. The third kappa shape index (κ3) is 7.86. The number of nitrogens with zero attached hydrogens (tertiary/aromatic N) is 2. The van der Waals surface area contributed by atoms with Crippen LogP contribution in [-0.2, 0) is 23.9 Å². The molecule has 1 aromatic carbocycles. The van der Waals surface area contributed by atoms with Gasteiger partial charge in [0.05, 0.1) is 17.0 Å². The minimum Gasteiger partial charge on any atom is -0.471 e. The molecule has 0 aliphatic heterocycles. The van der Waals surface area contributed by atoms with Gasteiger partial charge in [0.15, 0.2) is 12.3 Å². The van der Waals surface area contributed by atoms with Crippen LogP contribution in [0.5, 0.6) is 5.88 Å². The van der Waals surface area contributed by atoms with Crippen LogP contribution < -0.4 is 15.4 Å². The fourth-order valence-electron chi connectivity index (χ4n) is 5.47. The Morgan fingerprint density at radius 1 is 1.04 bits per heavy atom. The van der Waals surface area contributed by atoms with Crippen molar-refractivity contribution in [3.8, 4) is 5.88 Å². The van der Waals surface area contributed by atoms with Gasteiger partial charge in [-0.05, 0) is 61.8 Å². The predicted molar refractivity (Wildman–Crippen MR) is 148 cm³/mol. The van der Waals surface area contributed by atoms with E-state index in [0.717, 1.165) is 18.9 Å². The number of H-pyrrole nitrogens is 1. The van der Waals surface area contributed by atoms with Gasteiger partial charge >= 0.3 is 12.4 Å². The first kappa shape index (κ1) is 33.4. The Morgan fingerprint density at radius 3 is 2.35 bits per heavy atom. The van der Waals surface area contributed by atoms with E-state index in [1.54, 1.807) is 6.92 Å². The lowest BCUT2D eigenvalue weighted by atomic mass is 9.85. The van der Waals surface area contributed by atoms with E-state index in [4.69, 9.17) is 4.74 Å². The quantitative estimate of drug-likeness (QED) is 0.216. The molecule has 0 radical (unpaired) electrons. The van der Waals surface area contributed by atoms with Gasteiger partial charge in [0, 0.05) is 24.4 Å². The maximum Gasteiger partial charge on any atom is 0.416 e. The maximum atomic E-state index is 13.9. The van der Waals surface area contributed by atoms with E-state index in [1.165, 1.54) is 18.2 Å². The van der Waals surface area contributed by atoms with Crippen LogP contribution in [0.2, 0.25) is 0 Å². The topological polar surface area (TPSA) is 109 Å². The minimum atomic E-state index is -4.70. The highest BCUT2D eigenvalue weighted by atomic mass is 19.4. The molecule has 2 aromatic heterocycles. The highest BCUT2D eigenvalue weighted by Crippen LogP contribution is 2.45. The number of carbonyl (C=O) groups excluding carboxylic acids is 2. The molecule has 2 heterocycles. The number of aromatic amines is 1. The fourth-order valence-corrected chi connectivity index (χ4v) is 5.47. The van der Waals surface area contributed by atoms with E-state index >= 15 is 0 Å². The Balaban J connectivity index is 1.38. The first-order chi connectivity index (χ1) is 21.5. The smallest absolute Gasteiger partial charge is 0.416 e. The number of rotatable bonds is 10. The second-order valence-corrected chi connectivity index (χ2v) is 12.1. The van der Waals surface area contributed by atoms with Gasteiger partial charge in [0.25, 0.3) is 12.3 Å². The lowest BCUT2D eigenvalue weighted by Gasteiger charge is -2.30. The average molecular weight is 662 g/mol. The summed E-state index contributed by atoms with van der Waals surface area (Å²) >= 11 is 0. The molecule has 2 fully saturated rings. The molecule has 3 aromatic rings. The monoisotopic (exact) mass is 661 g/mol. The molecule has 0 spiro atoms. The number of fused-ring (bicyclic) bond motifs is 1. The summed E-state index contributed by atoms with van der Waals surface area (Å²) < 4.78 is 112. The molecule has 8 nitrogen and oxygen atoms in total. The molecule has 2 aliphatic rings. The molecule has 2 saturated carbocycles. The van der Waals surface area contributed by atoms with Crippen molar-refractivity contribution in [2.24, 2.45) is 11.3 Å². The molecule has 0 atom stereocenters. The Morgan fingerprint density at radius 2 is 1.74 bits per heavy atom. The summed E-state index contributed by atoms with van der Waals surface area (Å²) in [6.07, 6.45) is -11.1. The molecule has 250 valence electrons. The molecule has 3 N–H and O–H groups in total. The first-order valence-corrected chi connectivity index (χ1v) is 14.7. The number of hydrogen-bond acceptors (Lipinski definition) is 5. The number of alkyl halides is 8. The van der Waals surface area contributed by atoms with Crippen LogP contribution in [0.1, 0.15) is 78.3 Å². The Bertz CT molecular complexity index is 1590. The summed E-state index contributed by atoms with van der Waals surface area (Å²) in [5.41, 5.74) is -1.42. The van der Waals surface area contributed by atoms with Crippen molar-refractivity contribution in [2.45, 2.75) is 83.2 Å². The van der Waals surface area contributed by atoms with Gasteiger partial charge in [0.2, 0.25) is 11.8 Å². The number of imidazole rings is 1. The Kier molecular flexibility index (Phi) is 9.19. The first-order valence-electron chi connectivity index (χ1n) is 14.7. The largest absolute Gasteiger partial charge is 0.471 e. The highest BCUT2D eigenvalue weighted by Gasteiger charge is 2.45. The fraction of sp³-hybridized carbons (Fsp3) is 0.533. The number of carbonyl (C=O) groups is 2. The number of amides is 2. The minimum absolute atomic E-state index is 0.0162. The van der Waals surface area contributed by atoms with Crippen molar-refractivity contribution in [3.05, 3.63) is 52.3 Å². The number of halogens is 8. The second kappa shape index (κ2) is 12.7. The summed E-state index contributed by atoms with van der Waals surface area (Å²) in [6, 6.07) is 4.09. The number of nitrogens with one attached hydrogen (secondary N) is 3. The van der Waals surface area contributed by atoms with Gasteiger partial charge in [-0.3, -0.25) is 9.59 Å². The zero-order valence-corrected chi connectivity index (χ0v) is 24.5. The summed E-state index contributed by atoms with van der Waals surface area (Å²) in [4.78, 5) is 36.5. The van der Waals surface area contributed by atoms with E-state index in [-0.39, 0.29) is 72.7 Å². The van der Waals surface area contributed by atoms with Gasteiger partial charge in [0.1, 0.15) is 11.4 Å². The van der Waals surface area contributed by atoms with Crippen molar-refractivity contribution >= 4 is 23.0 Å². The molecule has 2 aliphatic carbocycles. The summed E-state index contributed by atoms with van der Waals surface area (Å²) in [5.74, 6) is -2.97. The SMILES string of the molecule is CC1(C(=O)NCc2ccc(C(F)(F)F)c(Cc3nc4nc(OCC(F)F)c(C(=O)NC5CCC(C(F)(F)F)CC5)cc4[nH]3)c2)CC1. The number of pyridine rings is 1. The van der Waals surface area contributed by atoms with Crippen molar-refractivity contribution in [1.82, 2.24) is 25.6 Å². The van der Waals surface area contributed by atoms with Crippen LogP contribution in [0.3, 0.4) is 0 Å². The van der Waals surface area contributed by atoms with E-state index in [0.29, 0.717) is 5.56 Å². The third-order valence-corrected chi connectivity index (χ3v) is 8.44. The van der Waals surface area contributed by atoms with Gasteiger partial charge in [-0.1, -0.05) is 19.1 Å². The van der Waals surface area contributed by atoms with Crippen molar-refractivity contribution < 1.29 is 49.4 Å². The lowest BCUT2D eigenvalue weighted by molar-refractivity contribution is -0.182. The van der Waals surface area contributed by atoms with Crippen LogP contribution in [0, 0.1) is 11.3 Å². The maximum absolute atomic E-state index is 13.9. The van der Waals surface area contributed by atoms with Crippen LogP contribution in [-0.4, -0.2) is 52.0 Å². The number of ether oxygens (including phenoxy) is 1. The summed E-state index contributed by atoms with van der Waals surface area (Å²) in [6.45, 7) is 0.699. The summed E-state index contributed by atoms with van der Waals surface area (Å²) in [5, 5.41) is 5.35. The molecule has 46 heavy (non-hydrogen) atoms. The zero-order valence-electron chi connectivity index (χ0n) is 24.5. The van der Waals surface area contributed by atoms with E-state index in [1.807, 2.05) is 0 Å². The number of aromatic nitrogens is 3. The highest BCUT2D eigenvalue weighted by molar-refractivity contribution is 5.99. The number of hydrogen-bond donors (Lipinski definition) is 3. The van der Waals surface area contributed by atoms with Gasteiger partial charge < -0.3 is 20.4 Å². The molecule has 0 bridgehead atoms. The van der Waals surface area contributed by atoms with Crippen LogP contribution in [0.4, 0.5) is 35.1 Å². The van der Waals surface area contributed by atoms with E-state index < -0.39 is 60.1 Å². The van der Waals surface area contributed by atoms with Crippen molar-refractivity contribution in [1.29, 1.82) is 0 Å². The normalized spacial score (nSPS) is 19.7. The van der Waals surface area contributed by atoms with Crippen LogP contribution in [0.25, 0.3) is 11.2 Å². The predicted octanol–water partition coefficient (Wildman–Crippen LogP) is 6.48. The molecule has 0 unspecified atom stereocenters. The molecule has 0 saturated heterocycles. The standard InChI is InChI=1S/C30H31F8N5O3/c1-28(8-9-28)27(45)39-13-15-2-7-20(30(36,37)38)16(10-15)11-23-41-21-12-19(26(43-24(21)42-23)46-14-22(31)32)25(44)40-18-5-3-17(4-6-18)29(33,34)35/h2,7,10,12,17-18,22H,3-6,8-9,11,13-14H2,1H3,(H,39,45)(H,40,44)(H,41,42,43). The molecule has 2 amide bonds. The van der Waals surface area contributed by atoms with Crippen LogP contribution >= 0.6 is 0 Å². The Hall–Kier alpha value is -3.98. The molecule has 5 rings (SSSR count). The van der Waals surface area contributed by atoms with Crippen LogP contribution in [0.15, 0.2) is 24.3 Å². The van der Waals surface area contributed by atoms with Gasteiger partial charge in [-0.15, -0.1) is 0 Å². The Labute approximate surface area is 257 Å².